The van der Waals surface area contributed by atoms with Crippen molar-refractivity contribution >= 4 is 0 Å². The Bertz CT molecular complexity index is 249. The van der Waals surface area contributed by atoms with Crippen LogP contribution in [0.1, 0.15) is 44.7 Å². The summed E-state index contributed by atoms with van der Waals surface area (Å²) in [5, 5.41) is 0. The average Bonchev–Trinajstić information content (AvgIpc) is 2.55. The summed E-state index contributed by atoms with van der Waals surface area (Å²) < 4.78 is 0. The molecule has 1 unspecified atom stereocenters. The minimum Gasteiger partial charge on any atom is -0.348 e. The first kappa shape index (κ1) is 7.84. The van der Waals surface area contributed by atoms with Crippen LogP contribution in [-0.2, 0) is 0 Å². The molecule has 0 spiro atoms. The van der Waals surface area contributed by atoms with Gasteiger partial charge in [-0.15, -0.1) is 0 Å². The number of nitrogens with one attached hydrogen (secondary N) is 1. The van der Waals surface area contributed by atoms with Crippen LogP contribution in [0.3, 0.4) is 0 Å². The van der Waals surface area contributed by atoms with Gasteiger partial charge in [0, 0.05) is 17.8 Å². The largest absolute Gasteiger partial charge is 0.348 e. The Hall–Kier alpha value is -0.790. The molecule has 0 bridgehead atoms. The van der Waals surface area contributed by atoms with E-state index in [1.165, 1.54) is 25.0 Å². The summed E-state index contributed by atoms with van der Waals surface area (Å²) in [6.07, 6.45) is 7.70. The highest BCUT2D eigenvalue weighted by atomic mass is 14.9. The van der Waals surface area contributed by atoms with Crippen molar-refractivity contribution in [1.29, 1.82) is 0 Å². The van der Waals surface area contributed by atoms with Gasteiger partial charge in [0.25, 0.3) is 0 Å². The zero-order valence-corrected chi connectivity index (χ0v) is 7.80. The van der Waals surface area contributed by atoms with Gasteiger partial charge in [-0.3, -0.25) is 0 Å². The molecular weight excluding hydrogens is 148 g/mol. The smallest absolute Gasteiger partial charge is 0.0921 e. The quantitative estimate of drug-likeness (QED) is 0.679. The van der Waals surface area contributed by atoms with E-state index in [9.17, 15) is 0 Å². The van der Waals surface area contributed by atoms with E-state index < -0.39 is 0 Å². The van der Waals surface area contributed by atoms with E-state index in [2.05, 4.69) is 23.8 Å². The van der Waals surface area contributed by atoms with Crippen molar-refractivity contribution in [3.8, 4) is 0 Å². The SMILES string of the molecule is CC1(C)CCC(c2cnc[nH]2)C1. The van der Waals surface area contributed by atoms with E-state index in [1.54, 1.807) is 6.33 Å². The van der Waals surface area contributed by atoms with Crippen molar-refractivity contribution in [3.63, 3.8) is 0 Å². The average molecular weight is 164 g/mol. The van der Waals surface area contributed by atoms with Gasteiger partial charge in [0.05, 0.1) is 6.33 Å². The maximum atomic E-state index is 4.06. The third kappa shape index (κ3) is 1.38. The minimum absolute atomic E-state index is 0.537. The van der Waals surface area contributed by atoms with E-state index in [-0.39, 0.29) is 0 Å². The third-order valence-electron chi connectivity index (χ3n) is 2.93. The lowest BCUT2D eigenvalue weighted by molar-refractivity contribution is 0.375. The van der Waals surface area contributed by atoms with E-state index in [0.29, 0.717) is 5.41 Å². The highest BCUT2D eigenvalue weighted by Gasteiger charge is 2.32. The Morgan fingerprint density at radius 1 is 1.58 bits per heavy atom. The van der Waals surface area contributed by atoms with E-state index in [0.717, 1.165) is 5.92 Å². The fourth-order valence-corrected chi connectivity index (χ4v) is 2.19. The van der Waals surface area contributed by atoms with Crippen LogP contribution in [0.15, 0.2) is 12.5 Å². The topological polar surface area (TPSA) is 28.7 Å². The molecule has 1 saturated carbocycles. The molecule has 0 amide bonds. The molecule has 0 radical (unpaired) electrons. The molecule has 2 heteroatoms. The fourth-order valence-electron chi connectivity index (χ4n) is 2.19. The lowest BCUT2D eigenvalue weighted by Gasteiger charge is -2.16. The van der Waals surface area contributed by atoms with Crippen molar-refractivity contribution in [2.45, 2.75) is 39.0 Å². The molecule has 66 valence electrons. The Kier molecular flexibility index (Phi) is 1.71. The molecular formula is C10H16N2. The van der Waals surface area contributed by atoms with E-state index in [4.69, 9.17) is 0 Å². The van der Waals surface area contributed by atoms with Gasteiger partial charge in [-0.25, -0.2) is 4.98 Å². The molecule has 1 aromatic heterocycles. The second kappa shape index (κ2) is 2.61. The molecule has 1 fully saturated rings. The van der Waals surface area contributed by atoms with Crippen LogP contribution in [-0.4, -0.2) is 9.97 Å². The third-order valence-corrected chi connectivity index (χ3v) is 2.93. The van der Waals surface area contributed by atoms with Gasteiger partial charge >= 0.3 is 0 Å². The molecule has 1 aromatic rings. The highest BCUT2D eigenvalue weighted by molar-refractivity contribution is 5.07. The summed E-state index contributed by atoms with van der Waals surface area (Å²) in [5.41, 5.74) is 1.86. The van der Waals surface area contributed by atoms with Gasteiger partial charge in [-0.2, -0.15) is 0 Å². The van der Waals surface area contributed by atoms with Gasteiger partial charge in [0.2, 0.25) is 0 Å². The van der Waals surface area contributed by atoms with Gasteiger partial charge < -0.3 is 4.98 Å². The molecule has 1 aliphatic carbocycles. The normalized spacial score (nSPS) is 27.7. The number of imidazole rings is 1. The number of hydrogen-bond acceptors (Lipinski definition) is 1. The predicted molar refractivity (Wildman–Crippen MR) is 49.0 cm³/mol. The van der Waals surface area contributed by atoms with Crippen molar-refractivity contribution in [2.75, 3.05) is 0 Å². The maximum absolute atomic E-state index is 4.06. The number of rotatable bonds is 1. The molecule has 1 N–H and O–H groups in total. The van der Waals surface area contributed by atoms with Crippen LogP contribution in [0.2, 0.25) is 0 Å². The van der Waals surface area contributed by atoms with Gasteiger partial charge in [-0.1, -0.05) is 13.8 Å². The predicted octanol–water partition coefficient (Wildman–Crippen LogP) is 2.70. The lowest BCUT2D eigenvalue weighted by atomic mass is 9.90. The molecule has 0 saturated heterocycles. The minimum atomic E-state index is 0.537. The zero-order chi connectivity index (χ0) is 8.60. The standard InChI is InChI=1S/C10H16N2/c1-10(2)4-3-8(5-10)9-6-11-7-12-9/h6-8H,3-5H2,1-2H3,(H,11,12). The summed E-state index contributed by atoms with van der Waals surface area (Å²) in [4.78, 5) is 7.26. The summed E-state index contributed by atoms with van der Waals surface area (Å²) in [7, 11) is 0. The molecule has 2 nitrogen and oxygen atoms in total. The number of aromatic nitrogens is 2. The Morgan fingerprint density at radius 3 is 2.92 bits per heavy atom. The van der Waals surface area contributed by atoms with E-state index >= 15 is 0 Å². The Balaban J connectivity index is 2.10. The van der Waals surface area contributed by atoms with Crippen molar-refractivity contribution in [2.24, 2.45) is 5.41 Å². The Labute approximate surface area is 73.4 Å². The first-order valence-electron chi connectivity index (χ1n) is 4.66. The first-order chi connectivity index (χ1) is 5.67. The van der Waals surface area contributed by atoms with Crippen LogP contribution < -0.4 is 0 Å². The highest BCUT2D eigenvalue weighted by Crippen LogP contribution is 2.45. The van der Waals surface area contributed by atoms with Crippen LogP contribution in [0.4, 0.5) is 0 Å². The van der Waals surface area contributed by atoms with Crippen molar-refractivity contribution in [1.82, 2.24) is 9.97 Å². The number of nitrogens with zero attached hydrogens (tertiary/aromatic N) is 1. The number of aromatic amines is 1. The second-order valence-electron chi connectivity index (χ2n) is 4.61. The van der Waals surface area contributed by atoms with Crippen LogP contribution in [0.25, 0.3) is 0 Å². The molecule has 12 heavy (non-hydrogen) atoms. The maximum Gasteiger partial charge on any atom is 0.0921 e. The summed E-state index contributed by atoms with van der Waals surface area (Å²) in [6, 6.07) is 0. The molecule has 1 atom stereocenters. The summed E-state index contributed by atoms with van der Waals surface area (Å²) >= 11 is 0. The zero-order valence-electron chi connectivity index (χ0n) is 7.80. The first-order valence-corrected chi connectivity index (χ1v) is 4.66. The monoisotopic (exact) mass is 164 g/mol. The fraction of sp³-hybridized carbons (Fsp3) is 0.700. The number of hydrogen-bond donors (Lipinski definition) is 1. The molecule has 2 rings (SSSR count). The molecule has 0 aliphatic heterocycles. The van der Waals surface area contributed by atoms with Crippen molar-refractivity contribution < 1.29 is 0 Å². The number of H-pyrrole nitrogens is 1. The van der Waals surface area contributed by atoms with Crippen LogP contribution in [0, 0.1) is 5.41 Å². The van der Waals surface area contributed by atoms with E-state index in [1.807, 2.05) is 6.20 Å². The molecule has 0 aromatic carbocycles. The summed E-state index contributed by atoms with van der Waals surface area (Å²) in [5.74, 6) is 0.725. The molecule has 1 aliphatic rings. The second-order valence-corrected chi connectivity index (χ2v) is 4.61. The van der Waals surface area contributed by atoms with Gasteiger partial charge in [0.1, 0.15) is 0 Å². The van der Waals surface area contributed by atoms with Crippen molar-refractivity contribution in [3.05, 3.63) is 18.2 Å². The van der Waals surface area contributed by atoms with Gasteiger partial charge in [-0.05, 0) is 24.7 Å². The molecule has 1 heterocycles. The Morgan fingerprint density at radius 2 is 2.42 bits per heavy atom. The lowest BCUT2D eigenvalue weighted by Crippen LogP contribution is -2.04. The van der Waals surface area contributed by atoms with Crippen LogP contribution in [0.5, 0.6) is 0 Å². The van der Waals surface area contributed by atoms with Crippen LogP contribution >= 0.6 is 0 Å². The van der Waals surface area contributed by atoms with Gasteiger partial charge in [0.15, 0.2) is 0 Å². The summed E-state index contributed by atoms with van der Waals surface area (Å²) in [6.45, 7) is 4.70.